The molecular formula is C5H9Au. The molecule has 0 saturated heterocycles. The summed E-state index contributed by atoms with van der Waals surface area (Å²) in [6, 6.07) is 0. The van der Waals surface area contributed by atoms with Crippen molar-refractivity contribution in [3.63, 3.8) is 0 Å². The van der Waals surface area contributed by atoms with E-state index in [0.29, 0.717) is 0 Å². The van der Waals surface area contributed by atoms with Crippen molar-refractivity contribution in [2.75, 3.05) is 0 Å². The number of hydrogen-bond acceptors (Lipinski definition) is 0. The Morgan fingerprint density at radius 2 is 1.67 bits per heavy atom. The summed E-state index contributed by atoms with van der Waals surface area (Å²) in [6.45, 7) is 3.84. The average Bonchev–Trinajstić information content (AvgIpc) is 1.30. The predicted molar refractivity (Wildman–Crippen MR) is 22.7 cm³/mol. The van der Waals surface area contributed by atoms with Crippen molar-refractivity contribution in [1.29, 1.82) is 0 Å². The zero-order valence-electron chi connectivity index (χ0n) is 3.71. The molecule has 0 bridgehead atoms. The summed E-state index contributed by atoms with van der Waals surface area (Å²) in [4.78, 5) is 0. The molecule has 1 aliphatic carbocycles. The van der Waals surface area contributed by atoms with E-state index < -0.39 is 0 Å². The molecule has 0 N–H and O–H groups in total. The molecule has 0 heterocycles. The van der Waals surface area contributed by atoms with Crippen molar-refractivity contribution in [2.45, 2.75) is 19.3 Å². The molecule has 0 aliphatic heterocycles. The van der Waals surface area contributed by atoms with Crippen LogP contribution in [0.15, 0.2) is 0 Å². The summed E-state index contributed by atoms with van der Waals surface area (Å²) in [5, 5.41) is 0. The summed E-state index contributed by atoms with van der Waals surface area (Å²) in [6.07, 6.45) is 4.17. The second-order valence-corrected chi connectivity index (χ2v) is 1.80. The molecule has 0 amide bonds. The first kappa shape index (κ1) is 6.74. The standard InChI is InChI=1S/C5H9.Au/c1-5-3-2-4-5;/h5H,1-4H2;/q-1;+1. The molecule has 0 aromatic carbocycles. The van der Waals surface area contributed by atoms with Gasteiger partial charge in [0, 0.05) is 0 Å². The minimum Gasteiger partial charge on any atom is -0.340 e. The van der Waals surface area contributed by atoms with Crippen LogP contribution in [0.3, 0.4) is 0 Å². The van der Waals surface area contributed by atoms with Crippen LogP contribution >= 0.6 is 0 Å². The van der Waals surface area contributed by atoms with Crippen LogP contribution in [0.4, 0.5) is 0 Å². The fourth-order valence-electron chi connectivity index (χ4n) is 0.493. The van der Waals surface area contributed by atoms with Crippen LogP contribution in [0.25, 0.3) is 0 Å². The van der Waals surface area contributed by atoms with Gasteiger partial charge < -0.3 is 6.92 Å². The molecule has 0 nitrogen and oxygen atoms in total. The summed E-state index contributed by atoms with van der Waals surface area (Å²) in [5.74, 6) is 0.815. The summed E-state index contributed by atoms with van der Waals surface area (Å²) >= 11 is 0. The van der Waals surface area contributed by atoms with Gasteiger partial charge in [0.15, 0.2) is 0 Å². The Morgan fingerprint density at radius 3 is 1.67 bits per heavy atom. The first-order chi connectivity index (χ1) is 2.39. The molecule has 0 aromatic heterocycles. The number of hydrogen-bond donors (Lipinski definition) is 0. The van der Waals surface area contributed by atoms with Crippen molar-refractivity contribution in [3.8, 4) is 0 Å². The molecule has 0 atom stereocenters. The summed E-state index contributed by atoms with van der Waals surface area (Å²) in [7, 11) is 0. The zero-order valence-corrected chi connectivity index (χ0v) is 5.87. The predicted octanol–water partition coefficient (Wildman–Crippen LogP) is 1.62. The van der Waals surface area contributed by atoms with Gasteiger partial charge in [-0.2, -0.15) is 5.92 Å². The van der Waals surface area contributed by atoms with Crippen molar-refractivity contribution in [2.24, 2.45) is 5.92 Å². The molecule has 0 spiro atoms. The third kappa shape index (κ3) is 1.46. The van der Waals surface area contributed by atoms with Crippen molar-refractivity contribution in [1.82, 2.24) is 0 Å². The van der Waals surface area contributed by atoms with Gasteiger partial charge in [-0.05, 0) is 0 Å². The van der Waals surface area contributed by atoms with E-state index in [0.717, 1.165) is 5.92 Å². The van der Waals surface area contributed by atoms with Gasteiger partial charge in [-0.1, -0.05) is 19.3 Å². The largest absolute Gasteiger partial charge is 1.00 e. The van der Waals surface area contributed by atoms with E-state index in [9.17, 15) is 0 Å². The van der Waals surface area contributed by atoms with Gasteiger partial charge in [0.2, 0.25) is 0 Å². The maximum absolute atomic E-state index is 3.84. The smallest absolute Gasteiger partial charge is 0.340 e. The van der Waals surface area contributed by atoms with Gasteiger partial charge in [0.05, 0.1) is 0 Å². The Morgan fingerprint density at radius 1 is 1.33 bits per heavy atom. The van der Waals surface area contributed by atoms with Crippen LogP contribution in [0, 0.1) is 12.8 Å². The van der Waals surface area contributed by atoms with Crippen LogP contribution in [0.1, 0.15) is 19.3 Å². The van der Waals surface area contributed by atoms with Crippen molar-refractivity contribution >= 4 is 0 Å². The van der Waals surface area contributed by atoms with Crippen LogP contribution in [0.5, 0.6) is 0 Å². The van der Waals surface area contributed by atoms with Crippen LogP contribution in [-0.4, -0.2) is 0 Å². The first-order valence-corrected chi connectivity index (χ1v) is 2.22. The van der Waals surface area contributed by atoms with Crippen molar-refractivity contribution < 1.29 is 22.4 Å². The second kappa shape index (κ2) is 2.84. The molecule has 1 saturated carbocycles. The maximum Gasteiger partial charge on any atom is 1.00 e. The van der Waals surface area contributed by atoms with Gasteiger partial charge in [0.1, 0.15) is 0 Å². The van der Waals surface area contributed by atoms with E-state index in [4.69, 9.17) is 0 Å². The molecule has 0 unspecified atom stereocenters. The van der Waals surface area contributed by atoms with E-state index >= 15 is 0 Å². The van der Waals surface area contributed by atoms with Crippen molar-refractivity contribution in [3.05, 3.63) is 6.92 Å². The van der Waals surface area contributed by atoms with E-state index in [1.807, 2.05) is 0 Å². The van der Waals surface area contributed by atoms with E-state index in [1.165, 1.54) is 19.3 Å². The monoisotopic (exact) mass is 266 g/mol. The topological polar surface area (TPSA) is 0 Å². The average molecular weight is 266 g/mol. The fourth-order valence-corrected chi connectivity index (χ4v) is 0.493. The Kier molecular flexibility index (Phi) is 3.19. The number of rotatable bonds is 0. The first-order valence-electron chi connectivity index (χ1n) is 2.22. The van der Waals surface area contributed by atoms with Crippen LogP contribution < -0.4 is 0 Å². The Hall–Kier alpha value is 0.740. The third-order valence-electron chi connectivity index (χ3n) is 1.22. The van der Waals surface area contributed by atoms with E-state index in [1.54, 1.807) is 0 Å². The Bertz CT molecular complexity index is 30.9. The molecule has 6 heavy (non-hydrogen) atoms. The molecule has 0 radical (unpaired) electrons. The minimum absolute atomic E-state index is 0. The van der Waals surface area contributed by atoms with E-state index in [-0.39, 0.29) is 22.4 Å². The molecular weight excluding hydrogens is 257 g/mol. The van der Waals surface area contributed by atoms with E-state index in [2.05, 4.69) is 6.92 Å². The quantitative estimate of drug-likeness (QED) is 0.461. The minimum atomic E-state index is 0. The molecule has 0 aromatic rings. The van der Waals surface area contributed by atoms with Gasteiger partial charge in [-0.3, -0.25) is 0 Å². The van der Waals surface area contributed by atoms with Gasteiger partial charge in [0.25, 0.3) is 0 Å². The maximum atomic E-state index is 3.84. The molecule has 1 fully saturated rings. The summed E-state index contributed by atoms with van der Waals surface area (Å²) < 4.78 is 0. The Labute approximate surface area is 54.8 Å². The van der Waals surface area contributed by atoms with Crippen LogP contribution in [-0.2, 0) is 22.4 Å². The molecule has 1 aliphatic rings. The van der Waals surface area contributed by atoms with Gasteiger partial charge in [-0.25, -0.2) is 0 Å². The third-order valence-corrected chi connectivity index (χ3v) is 1.22. The zero-order chi connectivity index (χ0) is 3.70. The van der Waals surface area contributed by atoms with Gasteiger partial charge >= 0.3 is 22.4 Å². The molecule has 40 valence electrons. The normalized spacial score (nSPS) is 21.5. The SMILES string of the molecule is [Au+].[CH2-]C1CCC1. The molecule has 1 heteroatoms. The second-order valence-electron chi connectivity index (χ2n) is 1.80. The summed E-state index contributed by atoms with van der Waals surface area (Å²) in [5.41, 5.74) is 0. The fraction of sp³-hybridized carbons (Fsp3) is 0.800. The van der Waals surface area contributed by atoms with Crippen LogP contribution in [0.2, 0.25) is 0 Å². The molecule has 1 rings (SSSR count). The Balaban J connectivity index is 0.000000250. The van der Waals surface area contributed by atoms with Gasteiger partial charge in [-0.15, -0.1) is 0 Å².